The second kappa shape index (κ2) is 7.71. The molecule has 1 aromatic heterocycles. The molecule has 1 N–H and O–H groups in total. The summed E-state index contributed by atoms with van der Waals surface area (Å²) >= 11 is 0. The maximum absolute atomic E-state index is 4.55. The van der Waals surface area contributed by atoms with Crippen molar-refractivity contribution in [3.63, 3.8) is 0 Å². The maximum atomic E-state index is 4.55. The van der Waals surface area contributed by atoms with E-state index >= 15 is 0 Å². The van der Waals surface area contributed by atoms with Crippen LogP contribution in [0.15, 0.2) is 12.4 Å². The Morgan fingerprint density at radius 1 is 1.38 bits per heavy atom. The van der Waals surface area contributed by atoms with Gasteiger partial charge in [-0.2, -0.15) is 0 Å². The van der Waals surface area contributed by atoms with Crippen LogP contribution < -0.4 is 10.2 Å². The van der Waals surface area contributed by atoms with Crippen molar-refractivity contribution in [3.8, 4) is 0 Å². The number of rotatable bonds is 7. The van der Waals surface area contributed by atoms with Crippen LogP contribution in [-0.4, -0.2) is 54.6 Å². The van der Waals surface area contributed by atoms with Crippen molar-refractivity contribution in [2.75, 3.05) is 38.6 Å². The molecule has 1 aliphatic heterocycles. The van der Waals surface area contributed by atoms with E-state index < -0.39 is 0 Å². The molecule has 1 unspecified atom stereocenters. The number of aromatic nitrogens is 2. The zero-order valence-corrected chi connectivity index (χ0v) is 13.8. The summed E-state index contributed by atoms with van der Waals surface area (Å²) in [6.45, 7) is 8.45. The summed E-state index contributed by atoms with van der Waals surface area (Å²) in [5, 5.41) is 3.39. The van der Waals surface area contributed by atoms with E-state index in [9.17, 15) is 0 Å². The Hall–Kier alpha value is -1.20. The lowest BCUT2D eigenvalue weighted by Gasteiger charge is -2.26. The average molecular weight is 291 g/mol. The topological polar surface area (TPSA) is 44.3 Å². The van der Waals surface area contributed by atoms with Crippen molar-refractivity contribution >= 4 is 5.82 Å². The Morgan fingerprint density at radius 3 is 2.76 bits per heavy atom. The van der Waals surface area contributed by atoms with Crippen LogP contribution in [0.25, 0.3) is 0 Å². The van der Waals surface area contributed by atoms with Gasteiger partial charge in [-0.1, -0.05) is 13.8 Å². The lowest BCUT2D eigenvalue weighted by atomic mass is 10.2. The fourth-order valence-corrected chi connectivity index (χ4v) is 2.74. The molecule has 0 saturated carbocycles. The zero-order chi connectivity index (χ0) is 15.2. The molecule has 0 bridgehead atoms. The fraction of sp³-hybridized carbons (Fsp3) is 0.750. The van der Waals surface area contributed by atoms with Crippen LogP contribution in [0, 0.1) is 5.92 Å². The van der Waals surface area contributed by atoms with E-state index in [0.29, 0.717) is 12.0 Å². The molecule has 1 fully saturated rings. The molecule has 5 heteroatoms. The SMILES string of the molecule is CC(C)CNCc1cnc(N(C)CC2CCCN2C)cn1. The molecule has 1 saturated heterocycles. The predicted octanol–water partition coefficient (Wildman–Crippen LogP) is 1.75. The number of nitrogens with one attached hydrogen (secondary N) is 1. The third-order valence-corrected chi connectivity index (χ3v) is 4.10. The van der Waals surface area contributed by atoms with Gasteiger partial charge in [-0.25, -0.2) is 4.98 Å². The molecule has 2 heterocycles. The van der Waals surface area contributed by atoms with Gasteiger partial charge in [0.2, 0.25) is 0 Å². The number of nitrogens with zero attached hydrogens (tertiary/aromatic N) is 4. The van der Waals surface area contributed by atoms with Gasteiger partial charge in [0.05, 0.1) is 18.1 Å². The lowest BCUT2D eigenvalue weighted by molar-refractivity contribution is 0.314. The minimum atomic E-state index is 0.643. The molecule has 21 heavy (non-hydrogen) atoms. The Bertz CT molecular complexity index is 417. The van der Waals surface area contributed by atoms with Crippen LogP contribution in [0.1, 0.15) is 32.4 Å². The summed E-state index contributed by atoms with van der Waals surface area (Å²) in [6.07, 6.45) is 6.37. The first-order chi connectivity index (χ1) is 10.1. The molecular formula is C16H29N5. The second-order valence-electron chi connectivity index (χ2n) is 6.55. The second-order valence-corrected chi connectivity index (χ2v) is 6.55. The first kappa shape index (κ1) is 16.2. The van der Waals surface area contributed by atoms with Crippen molar-refractivity contribution in [3.05, 3.63) is 18.1 Å². The maximum Gasteiger partial charge on any atom is 0.146 e. The van der Waals surface area contributed by atoms with Crippen molar-refractivity contribution in [1.29, 1.82) is 0 Å². The van der Waals surface area contributed by atoms with Gasteiger partial charge in [-0.3, -0.25) is 4.98 Å². The molecular weight excluding hydrogens is 262 g/mol. The molecule has 0 aromatic carbocycles. The van der Waals surface area contributed by atoms with Gasteiger partial charge in [-0.05, 0) is 38.9 Å². The van der Waals surface area contributed by atoms with Gasteiger partial charge >= 0.3 is 0 Å². The summed E-state index contributed by atoms with van der Waals surface area (Å²) in [7, 11) is 4.31. The van der Waals surface area contributed by atoms with Crippen molar-refractivity contribution in [2.24, 2.45) is 5.92 Å². The highest BCUT2D eigenvalue weighted by Gasteiger charge is 2.22. The molecule has 0 radical (unpaired) electrons. The monoisotopic (exact) mass is 291 g/mol. The normalized spacial score (nSPS) is 19.4. The van der Waals surface area contributed by atoms with Crippen LogP contribution in [0.3, 0.4) is 0 Å². The Morgan fingerprint density at radius 2 is 2.19 bits per heavy atom. The van der Waals surface area contributed by atoms with E-state index in [4.69, 9.17) is 0 Å². The number of likely N-dealkylation sites (tertiary alicyclic amines) is 1. The van der Waals surface area contributed by atoms with E-state index in [1.54, 1.807) is 0 Å². The molecule has 0 spiro atoms. The predicted molar refractivity (Wildman–Crippen MR) is 87.5 cm³/mol. The van der Waals surface area contributed by atoms with Crippen LogP contribution in [0.5, 0.6) is 0 Å². The summed E-state index contributed by atoms with van der Waals surface area (Å²) in [6, 6.07) is 0.643. The highest BCUT2D eigenvalue weighted by molar-refractivity contribution is 5.34. The van der Waals surface area contributed by atoms with Gasteiger partial charge < -0.3 is 15.1 Å². The molecule has 0 amide bonds. The minimum Gasteiger partial charge on any atom is -0.357 e. The standard InChI is InChI=1S/C16H29N5/c1-13(2)8-17-9-14-10-19-16(11-18-14)21(4)12-15-6-5-7-20(15)3/h10-11,13,15,17H,5-9,12H2,1-4H3. The Labute approximate surface area is 128 Å². The van der Waals surface area contributed by atoms with E-state index in [0.717, 1.165) is 31.1 Å². The van der Waals surface area contributed by atoms with Crippen LogP contribution in [0.4, 0.5) is 5.82 Å². The third kappa shape index (κ3) is 4.93. The van der Waals surface area contributed by atoms with E-state index in [-0.39, 0.29) is 0 Å². The van der Waals surface area contributed by atoms with Crippen LogP contribution >= 0.6 is 0 Å². The van der Waals surface area contributed by atoms with E-state index in [1.165, 1.54) is 19.4 Å². The van der Waals surface area contributed by atoms with E-state index in [1.807, 2.05) is 12.4 Å². The minimum absolute atomic E-state index is 0.643. The number of hydrogen-bond acceptors (Lipinski definition) is 5. The highest BCUT2D eigenvalue weighted by atomic mass is 15.2. The van der Waals surface area contributed by atoms with Gasteiger partial charge in [0.25, 0.3) is 0 Å². The van der Waals surface area contributed by atoms with E-state index in [2.05, 4.69) is 53.0 Å². The molecule has 1 atom stereocenters. The molecule has 5 nitrogen and oxygen atoms in total. The molecule has 1 aliphatic rings. The number of anilines is 1. The van der Waals surface area contributed by atoms with Crippen LogP contribution in [0.2, 0.25) is 0 Å². The summed E-state index contributed by atoms with van der Waals surface area (Å²) < 4.78 is 0. The smallest absolute Gasteiger partial charge is 0.146 e. The van der Waals surface area contributed by atoms with Gasteiger partial charge in [0, 0.05) is 26.2 Å². The van der Waals surface area contributed by atoms with Crippen LogP contribution in [-0.2, 0) is 6.54 Å². The van der Waals surface area contributed by atoms with Gasteiger partial charge in [0.1, 0.15) is 5.82 Å². The van der Waals surface area contributed by atoms with Crippen molar-refractivity contribution in [1.82, 2.24) is 20.2 Å². The Kier molecular flexibility index (Phi) is 5.94. The molecule has 118 valence electrons. The molecule has 1 aromatic rings. The van der Waals surface area contributed by atoms with Crippen molar-refractivity contribution in [2.45, 2.75) is 39.3 Å². The first-order valence-electron chi connectivity index (χ1n) is 7.99. The number of likely N-dealkylation sites (N-methyl/N-ethyl adjacent to an activating group) is 2. The quantitative estimate of drug-likeness (QED) is 0.829. The van der Waals surface area contributed by atoms with Gasteiger partial charge in [-0.15, -0.1) is 0 Å². The third-order valence-electron chi connectivity index (χ3n) is 4.10. The highest BCUT2D eigenvalue weighted by Crippen LogP contribution is 2.17. The summed E-state index contributed by atoms with van der Waals surface area (Å²) in [5.74, 6) is 1.62. The molecule has 2 rings (SSSR count). The Balaban J connectivity index is 1.83. The van der Waals surface area contributed by atoms with Crippen molar-refractivity contribution < 1.29 is 0 Å². The zero-order valence-electron chi connectivity index (χ0n) is 13.8. The molecule has 0 aliphatic carbocycles. The lowest BCUT2D eigenvalue weighted by Crippen LogP contribution is -2.37. The largest absolute Gasteiger partial charge is 0.357 e. The summed E-state index contributed by atoms with van der Waals surface area (Å²) in [5.41, 5.74) is 1.01. The average Bonchev–Trinajstić information content (AvgIpc) is 2.84. The summed E-state index contributed by atoms with van der Waals surface area (Å²) in [4.78, 5) is 13.7. The fourth-order valence-electron chi connectivity index (χ4n) is 2.74. The van der Waals surface area contributed by atoms with Gasteiger partial charge in [0.15, 0.2) is 0 Å². The number of hydrogen-bond donors (Lipinski definition) is 1. The first-order valence-corrected chi connectivity index (χ1v) is 7.99.